The molecule has 2 N–H and O–H groups in total. The van der Waals surface area contributed by atoms with Crippen LogP contribution in [0.3, 0.4) is 0 Å². The molecule has 0 aliphatic heterocycles. The molecule has 1 aromatic rings. The van der Waals surface area contributed by atoms with E-state index in [0.717, 1.165) is 11.8 Å². The Morgan fingerprint density at radius 2 is 2.40 bits per heavy atom. The number of hydrogen-bond acceptors (Lipinski definition) is 2. The van der Waals surface area contributed by atoms with Gasteiger partial charge in [0.05, 0.1) is 0 Å². The molecule has 1 unspecified atom stereocenters. The molecular weight excluding hydrogens is 258 g/mol. The van der Waals surface area contributed by atoms with Gasteiger partial charge in [-0.05, 0) is 18.4 Å². The largest absolute Gasteiger partial charge is 0.347 e. The van der Waals surface area contributed by atoms with Crippen LogP contribution in [-0.2, 0) is 0 Å². The SMILES string of the molecule is CC(C)CC(CBr)NC(=O)c1ccn[nH]1. The zero-order valence-electron chi connectivity index (χ0n) is 8.96. The van der Waals surface area contributed by atoms with Crippen molar-refractivity contribution in [2.75, 3.05) is 5.33 Å². The molecule has 15 heavy (non-hydrogen) atoms. The molecular formula is C10H16BrN3O. The topological polar surface area (TPSA) is 57.8 Å². The number of H-pyrrole nitrogens is 1. The van der Waals surface area contributed by atoms with Crippen molar-refractivity contribution in [3.05, 3.63) is 18.0 Å². The van der Waals surface area contributed by atoms with E-state index in [1.54, 1.807) is 12.3 Å². The first-order valence-corrected chi connectivity index (χ1v) is 6.11. The Morgan fingerprint density at radius 1 is 1.67 bits per heavy atom. The minimum atomic E-state index is -0.0994. The lowest BCUT2D eigenvalue weighted by Gasteiger charge is -2.17. The Morgan fingerprint density at radius 3 is 2.87 bits per heavy atom. The Kier molecular flexibility index (Phi) is 4.81. The molecule has 0 aliphatic carbocycles. The van der Waals surface area contributed by atoms with Crippen molar-refractivity contribution >= 4 is 21.8 Å². The molecule has 0 aromatic carbocycles. The third-order valence-electron chi connectivity index (χ3n) is 2.02. The highest BCUT2D eigenvalue weighted by atomic mass is 79.9. The number of carbonyl (C=O) groups excluding carboxylic acids is 1. The predicted molar refractivity (Wildman–Crippen MR) is 63.1 cm³/mol. The van der Waals surface area contributed by atoms with Crippen LogP contribution in [0.25, 0.3) is 0 Å². The van der Waals surface area contributed by atoms with Crippen LogP contribution in [0.1, 0.15) is 30.8 Å². The zero-order chi connectivity index (χ0) is 11.3. The molecule has 1 rings (SSSR count). The molecule has 5 heteroatoms. The third kappa shape index (κ3) is 4.03. The summed E-state index contributed by atoms with van der Waals surface area (Å²) in [5.74, 6) is 0.465. The van der Waals surface area contributed by atoms with E-state index in [1.165, 1.54) is 0 Å². The fraction of sp³-hybridized carbons (Fsp3) is 0.600. The summed E-state index contributed by atoms with van der Waals surface area (Å²) in [4.78, 5) is 11.7. The molecule has 0 saturated carbocycles. The van der Waals surface area contributed by atoms with E-state index in [9.17, 15) is 4.79 Å². The number of aromatic amines is 1. The van der Waals surface area contributed by atoms with Gasteiger partial charge in [0, 0.05) is 17.6 Å². The summed E-state index contributed by atoms with van der Waals surface area (Å²) in [6, 6.07) is 1.83. The van der Waals surface area contributed by atoms with E-state index in [1.807, 2.05) is 0 Å². The molecule has 1 aromatic heterocycles. The molecule has 0 saturated heterocycles. The van der Waals surface area contributed by atoms with Crippen LogP contribution in [0, 0.1) is 5.92 Å². The van der Waals surface area contributed by atoms with E-state index in [4.69, 9.17) is 0 Å². The van der Waals surface area contributed by atoms with Gasteiger partial charge in [-0.2, -0.15) is 5.10 Å². The van der Waals surface area contributed by atoms with E-state index >= 15 is 0 Å². The number of carbonyl (C=O) groups is 1. The number of nitrogens with zero attached hydrogens (tertiary/aromatic N) is 1. The molecule has 1 amide bonds. The normalized spacial score (nSPS) is 12.8. The fourth-order valence-electron chi connectivity index (χ4n) is 1.38. The fourth-order valence-corrected chi connectivity index (χ4v) is 1.80. The molecule has 0 radical (unpaired) electrons. The van der Waals surface area contributed by atoms with Crippen molar-refractivity contribution in [1.29, 1.82) is 0 Å². The van der Waals surface area contributed by atoms with Crippen molar-refractivity contribution in [1.82, 2.24) is 15.5 Å². The van der Waals surface area contributed by atoms with Gasteiger partial charge in [0.15, 0.2) is 0 Å². The average Bonchev–Trinajstić information content (AvgIpc) is 2.68. The number of rotatable bonds is 5. The van der Waals surface area contributed by atoms with Crippen molar-refractivity contribution in [2.45, 2.75) is 26.3 Å². The van der Waals surface area contributed by atoms with Crippen LogP contribution < -0.4 is 5.32 Å². The maximum atomic E-state index is 11.7. The van der Waals surface area contributed by atoms with Gasteiger partial charge in [-0.3, -0.25) is 9.89 Å². The summed E-state index contributed by atoms with van der Waals surface area (Å²) in [6.45, 7) is 4.27. The second-order valence-electron chi connectivity index (χ2n) is 3.92. The monoisotopic (exact) mass is 273 g/mol. The van der Waals surface area contributed by atoms with Gasteiger partial charge in [0.25, 0.3) is 5.91 Å². The Labute approximate surface area is 98.0 Å². The van der Waals surface area contributed by atoms with Gasteiger partial charge < -0.3 is 5.32 Å². The number of alkyl halides is 1. The smallest absolute Gasteiger partial charge is 0.269 e. The van der Waals surface area contributed by atoms with Crippen molar-refractivity contribution in [3.63, 3.8) is 0 Å². The summed E-state index contributed by atoms with van der Waals surface area (Å²) < 4.78 is 0. The van der Waals surface area contributed by atoms with Gasteiger partial charge in [-0.1, -0.05) is 29.8 Å². The highest BCUT2D eigenvalue weighted by Crippen LogP contribution is 2.07. The maximum Gasteiger partial charge on any atom is 0.269 e. The van der Waals surface area contributed by atoms with Crippen LogP contribution in [0.2, 0.25) is 0 Å². The first-order valence-electron chi connectivity index (χ1n) is 4.99. The lowest BCUT2D eigenvalue weighted by atomic mass is 10.1. The maximum absolute atomic E-state index is 11.7. The van der Waals surface area contributed by atoms with Gasteiger partial charge in [-0.15, -0.1) is 0 Å². The van der Waals surface area contributed by atoms with E-state index in [0.29, 0.717) is 11.6 Å². The number of halogens is 1. The second kappa shape index (κ2) is 5.90. The summed E-state index contributed by atoms with van der Waals surface area (Å²) >= 11 is 3.40. The van der Waals surface area contributed by atoms with Crippen molar-refractivity contribution < 1.29 is 4.79 Å². The zero-order valence-corrected chi connectivity index (χ0v) is 10.5. The summed E-state index contributed by atoms with van der Waals surface area (Å²) in [5.41, 5.74) is 0.504. The second-order valence-corrected chi connectivity index (χ2v) is 4.57. The van der Waals surface area contributed by atoms with Gasteiger partial charge in [-0.25, -0.2) is 0 Å². The molecule has 1 heterocycles. The Hall–Kier alpha value is -0.840. The summed E-state index contributed by atoms with van der Waals surface area (Å²) in [7, 11) is 0. The minimum Gasteiger partial charge on any atom is -0.347 e. The Bertz CT molecular complexity index is 298. The first kappa shape index (κ1) is 12.2. The molecule has 1 atom stereocenters. The van der Waals surface area contributed by atoms with E-state index < -0.39 is 0 Å². The van der Waals surface area contributed by atoms with Gasteiger partial charge in [0.2, 0.25) is 0 Å². The molecule has 0 fully saturated rings. The molecule has 4 nitrogen and oxygen atoms in total. The third-order valence-corrected chi connectivity index (χ3v) is 2.80. The van der Waals surface area contributed by atoms with Crippen LogP contribution in [-0.4, -0.2) is 27.5 Å². The summed E-state index contributed by atoms with van der Waals surface area (Å²) in [5, 5.41) is 10.1. The van der Waals surface area contributed by atoms with Crippen LogP contribution >= 0.6 is 15.9 Å². The molecule has 0 aliphatic rings. The average molecular weight is 274 g/mol. The lowest BCUT2D eigenvalue weighted by Crippen LogP contribution is -2.37. The van der Waals surface area contributed by atoms with E-state index in [-0.39, 0.29) is 11.9 Å². The summed E-state index contributed by atoms with van der Waals surface area (Å²) in [6.07, 6.45) is 2.53. The van der Waals surface area contributed by atoms with Crippen LogP contribution in [0.15, 0.2) is 12.3 Å². The van der Waals surface area contributed by atoms with E-state index in [2.05, 4.69) is 45.3 Å². The number of nitrogens with one attached hydrogen (secondary N) is 2. The predicted octanol–water partition coefficient (Wildman–Crippen LogP) is 1.95. The first-order chi connectivity index (χ1) is 7.13. The molecule has 84 valence electrons. The number of amides is 1. The number of hydrogen-bond donors (Lipinski definition) is 2. The van der Waals surface area contributed by atoms with Gasteiger partial charge in [0.1, 0.15) is 5.69 Å². The quantitative estimate of drug-likeness (QED) is 0.806. The highest BCUT2D eigenvalue weighted by Gasteiger charge is 2.14. The van der Waals surface area contributed by atoms with Crippen molar-refractivity contribution in [3.8, 4) is 0 Å². The van der Waals surface area contributed by atoms with Crippen molar-refractivity contribution in [2.24, 2.45) is 5.92 Å². The van der Waals surface area contributed by atoms with Crippen LogP contribution in [0.5, 0.6) is 0 Å². The Balaban J connectivity index is 2.48. The number of aromatic nitrogens is 2. The minimum absolute atomic E-state index is 0.0994. The lowest BCUT2D eigenvalue weighted by molar-refractivity contribution is 0.0932. The molecule has 0 spiro atoms. The standard InChI is InChI=1S/C10H16BrN3O/c1-7(2)5-8(6-11)13-10(15)9-3-4-12-14-9/h3-4,7-8H,5-6H2,1-2H3,(H,12,14)(H,13,15). The van der Waals surface area contributed by atoms with Crippen LogP contribution in [0.4, 0.5) is 0 Å². The highest BCUT2D eigenvalue weighted by molar-refractivity contribution is 9.09. The molecule has 0 bridgehead atoms. The van der Waals surface area contributed by atoms with Gasteiger partial charge >= 0.3 is 0 Å².